The van der Waals surface area contributed by atoms with E-state index >= 15 is 0 Å². The highest BCUT2D eigenvalue weighted by Crippen LogP contribution is 2.38. The van der Waals surface area contributed by atoms with Crippen molar-refractivity contribution >= 4 is 11.6 Å². The monoisotopic (exact) mass is 270 g/mol. The van der Waals surface area contributed by atoms with Crippen LogP contribution >= 0.6 is 0 Å². The summed E-state index contributed by atoms with van der Waals surface area (Å²) in [5.74, 6) is 3.20. The Morgan fingerprint density at radius 2 is 2.00 bits per heavy atom. The Bertz CT molecular complexity index is 567. The maximum absolute atomic E-state index is 4.59. The molecule has 104 valence electrons. The molecule has 1 aliphatic carbocycles. The number of aromatic nitrogens is 4. The molecule has 0 amide bonds. The Kier molecular flexibility index (Phi) is 3.71. The van der Waals surface area contributed by atoms with Gasteiger partial charge < -0.3 is 10.6 Å². The highest BCUT2D eigenvalue weighted by molar-refractivity contribution is 5.48. The molecule has 2 aromatic heterocycles. The molecular formula is C14H18N6. The summed E-state index contributed by atoms with van der Waals surface area (Å²) in [6.07, 6.45) is 5.68. The molecular weight excluding hydrogens is 252 g/mol. The van der Waals surface area contributed by atoms with E-state index in [-0.39, 0.29) is 0 Å². The first kappa shape index (κ1) is 12.8. The van der Waals surface area contributed by atoms with E-state index in [1.807, 2.05) is 12.1 Å². The number of nitrogens with zero attached hydrogens (tertiary/aromatic N) is 4. The highest BCUT2D eigenvalue weighted by Gasteiger charge is 2.27. The van der Waals surface area contributed by atoms with Crippen molar-refractivity contribution in [1.82, 2.24) is 19.9 Å². The quantitative estimate of drug-likeness (QED) is 0.838. The SMILES string of the molecule is CCNc1cc(NCc2ccncn2)nc(C2CC2)n1. The van der Waals surface area contributed by atoms with Gasteiger partial charge in [-0.3, -0.25) is 0 Å². The number of hydrogen-bond acceptors (Lipinski definition) is 6. The van der Waals surface area contributed by atoms with Crippen LogP contribution < -0.4 is 10.6 Å². The molecule has 0 saturated heterocycles. The molecule has 0 atom stereocenters. The van der Waals surface area contributed by atoms with Crippen molar-refractivity contribution < 1.29 is 0 Å². The van der Waals surface area contributed by atoms with E-state index in [0.717, 1.165) is 29.7 Å². The van der Waals surface area contributed by atoms with E-state index in [1.165, 1.54) is 12.8 Å². The molecule has 0 spiro atoms. The zero-order valence-electron chi connectivity index (χ0n) is 11.5. The smallest absolute Gasteiger partial charge is 0.136 e. The Labute approximate surface area is 118 Å². The van der Waals surface area contributed by atoms with Crippen LogP contribution in [0, 0.1) is 0 Å². The van der Waals surface area contributed by atoms with Crippen molar-refractivity contribution in [2.75, 3.05) is 17.2 Å². The summed E-state index contributed by atoms with van der Waals surface area (Å²) in [6, 6.07) is 3.83. The molecule has 6 heteroatoms. The minimum absolute atomic E-state index is 0.535. The van der Waals surface area contributed by atoms with E-state index in [0.29, 0.717) is 12.5 Å². The van der Waals surface area contributed by atoms with Crippen LogP contribution in [0.15, 0.2) is 24.7 Å². The number of hydrogen-bond donors (Lipinski definition) is 2. The van der Waals surface area contributed by atoms with Crippen LogP contribution in [0.3, 0.4) is 0 Å². The fourth-order valence-corrected chi connectivity index (χ4v) is 1.96. The van der Waals surface area contributed by atoms with Gasteiger partial charge in [0.05, 0.1) is 12.2 Å². The lowest BCUT2D eigenvalue weighted by Crippen LogP contribution is -2.08. The summed E-state index contributed by atoms with van der Waals surface area (Å²) >= 11 is 0. The van der Waals surface area contributed by atoms with E-state index in [1.54, 1.807) is 12.5 Å². The van der Waals surface area contributed by atoms with Crippen LogP contribution in [0.25, 0.3) is 0 Å². The minimum Gasteiger partial charge on any atom is -0.370 e. The number of nitrogens with one attached hydrogen (secondary N) is 2. The first-order valence-electron chi connectivity index (χ1n) is 6.96. The van der Waals surface area contributed by atoms with Crippen molar-refractivity contribution in [3.63, 3.8) is 0 Å². The van der Waals surface area contributed by atoms with Crippen molar-refractivity contribution in [3.05, 3.63) is 36.2 Å². The van der Waals surface area contributed by atoms with Gasteiger partial charge in [0.15, 0.2) is 0 Å². The topological polar surface area (TPSA) is 75.6 Å². The molecule has 1 fully saturated rings. The van der Waals surface area contributed by atoms with Crippen LogP contribution in [0.4, 0.5) is 11.6 Å². The van der Waals surface area contributed by atoms with Crippen molar-refractivity contribution in [3.8, 4) is 0 Å². The van der Waals surface area contributed by atoms with E-state index in [2.05, 4.69) is 37.5 Å². The van der Waals surface area contributed by atoms with Gasteiger partial charge in [-0.1, -0.05) is 0 Å². The zero-order valence-corrected chi connectivity index (χ0v) is 11.5. The summed E-state index contributed by atoms with van der Waals surface area (Å²) in [6.45, 7) is 3.55. The van der Waals surface area contributed by atoms with Crippen LogP contribution in [-0.4, -0.2) is 26.5 Å². The lowest BCUT2D eigenvalue weighted by Gasteiger charge is -2.10. The van der Waals surface area contributed by atoms with Gasteiger partial charge in [-0.15, -0.1) is 0 Å². The van der Waals surface area contributed by atoms with Crippen LogP contribution in [0.2, 0.25) is 0 Å². The summed E-state index contributed by atoms with van der Waals surface area (Å²) in [4.78, 5) is 17.2. The molecule has 1 aliphatic rings. The fraction of sp³-hybridized carbons (Fsp3) is 0.429. The average molecular weight is 270 g/mol. The predicted molar refractivity (Wildman–Crippen MR) is 77.5 cm³/mol. The standard InChI is InChI=1S/C14H18N6/c1-2-16-12-7-13(20-14(19-12)10-3-4-10)17-8-11-5-6-15-9-18-11/h5-7,9-10H,2-4,8H2,1H3,(H2,16,17,19,20). The van der Waals surface area contributed by atoms with Gasteiger partial charge in [0.1, 0.15) is 23.8 Å². The minimum atomic E-state index is 0.535. The predicted octanol–water partition coefficient (Wildman–Crippen LogP) is 2.19. The normalized spacial score (nSPS) is 14.1. The molecule has 6 nitrogen and oxygen atoms in total. The molecule has 0 radical (unpaired) electrons. The van der Waals surface area contributed by atoms with Crippen molar-refractivity contribution in [2.24, 2.45) is 0 Å². The molecule has 3 rings (SSSR count). The van der Waals surface area contributed by atoms with Gasteiger partial charge >= 0.3 is 0 Å². The van der Waals surface area contributed by atoms with Crippen molar-refractivity contribution in [1.29, 1.82) is 0 Å². The Balaban J connectivity index is 1.74. The molecule has 0 unspecified atom stereocenters. The summed E-state index contributed by atoms with van der Waals surface area (Å²) in [5.41, 5.74) is 0.941. The molecule has 20 heavy (non-hydrogen) atoms. The highest BCUT2D eigenvalue weighted by atomic mass is 15.1. The molecule has 0 aromatic carbocycles. The van der Waals surface area contributed by atoms with Gasteiger partial charge in [-0.25, -0.2) is 19.9 Å². The summed E-state index contributed by atoms with van der Waals surface area (Å²) < 4.78 is 0. The molecule has 1 saturated carbocycles. The zero-order chi connectivity index (χ0) is 13.8. The maximum atomic E-state index is 4.59. The maximum Gasteiger partial charge on any atom is 0.136 e. The van der Waals surface area contributed by atoms with Crippen LogP contribution in [-0.2, 0) is 6.54 Å². The third-order valence-electron chi connectivity index (χ3n) is 3.14. The van der Waals surface area contributed by atoms with Crippen molar-refractivity contribution in [2.45, 2.75) is 32.2 Å². The third kappa shape index (κ3) is 3.20. The van der Waals surface area contributed by atoms with Gasteiger partial charge in [-0.2, -0.15) is 0 Å². The first-order chi connectivity index (χ1) is 9.85. The number of anilines is 2. The summed E-state index contributed by atoms with van der Waals surface area (Å²) in [7, 11) is 0. The largest absolute Gasteiger partial charge is 0.370 e. The second-order valence-corrected chi connectivity index (χ2v) is 4.86. The molecule has 0 bridgehead atoms. The third-order valence-corrected chi connectivity index (χ3v) is 3.14. The van der Waals surface area contributed by atoms with E-state index in [4.69, 9.17) is 0 Å². The van der Waals surface area contributed by atoms with Crippen LogP contribution in [0.1, 0.15) is 37.2 Å². The average Bonchev–Trinajstić information content (AvgIpc) is 3.31. The molecule has 2 N–H and O–H groups in total. The molecule has 2 aromatic rings. The van der Waals surface area contributed by atoms with Gasteiger partial charge in [0.25, 0.3) is 0 Å². The second-order valence-electron chi connectivity index (χ2n) is 4.86. The lowest BCUT2D eigenvalue weighted by molar-refractivity contribution is 0.912. The lowest BCUT2D eigenvalue weighted by atomic mass is 10.3. The second kappa shape index (κ2) is 5.81. The van der Waals surface area contributed by atoms with Gasteiger partial charge in [0, 0.05) is 24.7 Å². The first-order valence-corrected chi connectivity index (χ1v) is 6.96. The van der Waals surface area contributed by atoms with Gasteiger partial charge in [-0.05, 0) is 25.8 Å². The van der Waals surface area contributed by atoms with Gasteiger partial charge in [0.2, 0.25) is 0 Å². The van der Waals surface area contributed by atoms with Crippen LogP contribution in [0.5, 0.6) is 0 Å². The Hall–Kier alpha value is -2.24. The van der Waals surface area contributed by atoms with E-state index in [9.17, 15) is 0 Å². The Morgan fingerprint density at radius 1 is 1.20 bits per heavy atom. The summed E-state index contributed by atoms with van der Waals surface area (Å²) in [5, 5.41) is 6.55. The molecule has 2 heterocycles. The molecule has 0 aliphatic heterocycles. The fourth-order valence-electron chi connectivity index (χ4n) is 1.96. The number of rotatable bonds is 6. The van der Waals surface area contributed by atoms with E-state index < -0.39 is 0 Å². The Morgan fingerprint density at radius 3 is 2.65 bits per heavy atom.